The van der Waals surface area contributed by atoms with Crippen LogP contribution in [0.2, 0.25) is 0 Å². The molecular formula is C16H16FN5O2. The first-order valence-electron chi connectivity index (χ1n) is 7.43. The Labute approximate surface area is 136 Å². The third-order valence-corrected chi connectivity index (χ3v) is 3.49. The van der Waals surface area contributed by atoms with Crippen molar-refractivity contribution in [2.24, 2.45) is 0 Å². The maximum absolute atomic E-state index is 14.3. The number of carbonyl (C=O) groups is 1. The van der Waals surface area contributed by atoms with Crippen LogP contribution in [0, 0.1) is 19.8 Å². The summed E-state index contributed by atoms with van der Waals surface area (Å²) in [6, 6.07) is 4.83. The highest BCUT2D eigenvalue weighted by molar-refractivity contribution is 5.93. The van der Waals surface area contributed by atoms with E-state index in [0.29, 0.717) is 23.6 Å². The number of hydrogen-bond donors (Lipinski definition) is 2. The van der Waals surface area contributed by atoms with Gasteiger partial charge in [-0.3, -0.25) is 14.0 Å². The van der Waals surface area contributed by atoms with Crippen LogP contribution in [-0.2, 0) is 6.42 Å². The van der Waals surface area contributed by atoms with Gasteiger partial charge in [-0.25, -0.2) is 9.97 Å². The summed E-state index contributed by atoms with van der Waals surface area (Å²) >= 11 is 0. The Morgan fingerprint density at radius 2 is 2.12 bits per heavy atom. The average Bonchev–Trinajstić information content (AvgIpc) is 2.83. The minimum Gasteiger partial charge on any atom is -0.350 e. The predicted molar refractivity (Wildman–Crippen MR) is 85.5 cm³/mol. The zero-order chi connectivity index (χ0) is 17.3. The molecule has 0 fully saturated rings. The minimum atomic E-state index is -0.701. The lowest BCUT2D eigenvalue weighted by Crippen LogP contribution is -2.28. The van der Waals surface area contributed by atoms with E-state index in [0.717, 1.165) is 5.56 Å². The summed E-state index contributed by atoms with van der Waals surface area (Å²) in [5.74, 6) is -0.844. The second-order valence-corrected chi connectivity index (χ2v) is 5.53. The fraction of sp³-hybridized carbons (Fsp3) is 0.250. The number of aryl methyl sites for hydroxylation is 2. The van der Waals surface area contributed by atoms with Crippen molar-refractivity contribution in [3.8, 4) is 0 Å². The summed E-state index contributed by atoms with van der Waals surface area (Å²) in [5.41, 5.74) is 1.33. The smallest absolute Gasteiger partial charge is 0.274 e. The van der Waals surface area contributed by atoms with Crippen LogP contribution in [0.25, 0.3) is 5.65 Å². The van der Waals surface area contributed by atoms with Gasteiger partial charge in [0.15, 0.2) is 5.69 Å². The van der Waals surface area contributed by atoms with Crippen molar-refractivity contribution in [1.82, 2.24) is 24.7 Å². The molecule has 3 aromatic heterocycles. The maximum Gasteiger partial charge on any atom is 0.274 e. The molecule has 124 valence electrons. The highest BCUT2D eigenvalue weighted by Crippen LogP contribution is 2.12. The van der Waals surface area contributed by atoms with Crippen molar-refractivity contribution in [2.45, 2.75) is 20.3 Å². The zero-order valence-corrected chi connectivity index (χ0v) is 13.3. The average molecular weight is 329 g/mol. The molecule has 0 aliphatic carbocycles. The third-order valence-electron chi connectivity index (χ3n) is 3.49. The van der Waals surface area contributed by atoms with Crippen molar-refractivity contribution < 1.29 is 9.18 Å². The molecule has 24 heavy (non-hydrogen) atoms. The molecule has 0 radical (unpaired) electrons. The summed E-state index contributed by atoms with van der Waals surface area (Å²) < 4.78 is 15.5. The molecule has 0 spiro atoms. The zero-order valence-electron chi connectivity index (χ0n) is 13.3. The highest BCUT2D eigenvalue weighted by atomic mass is 19.1. The molecule has 2 N–H and O–H groups in total. The SMILES string of the molecule is Cc1ccc2nc(C(=O)NCCc3nc(C)cc(=O)[nH]3)c(F)n2c1. The predicted octanol–water partition coefficient (Wildman–Crippen LogP) is 1.15. The first kappa shape index (κ1) is 15.9. The number of carbonyl (C=O) groups excluding carboxylic acids is 1. The minimum absolute atomic E-state index is 0.206. The van der Waals surface area contributed by atoms with Crippen molar-refractivity contribution in [1.29, 1.82) is 0 Å². The number of halogens is 1. The molecule has 0 aromatic carbocycles. The number of aromatic nitrogens is 4. The van der Waals surface area contributed by atoms with E-state index in [9.17, 15) is 14.0 Å². The summed E-state index contributed by atoms with van der Waals surface area (Å²) in [5, 5.41) is 2.59. The van der Waals surface area contributed by atoms with Crippen LogP contribution in [0.3, 0.4) is 0 Å². The van der Waals surface area contributed by atoms with Gasteiger partial charge in [-0.1, -0.05) is 6.07 Å². The van der Waals surface area contributed by atoms with Gasteiger partial charge in [0.05, 0.1) is 0 Å². The number of imidazole rings is 1. The van der Waals surface area contributed by atoms with Crippen LogP contribution < -0.4 is 10.9 Å². The highest BCUT2D eigenvalue weighted by Gasteiger charge is 2.18. The summed E-state index contributed by atoms with van der Waals surface area (Å²) in [7, 11) is 0. The number of nitrogens with zero attached hydrogens (tertiary/aromatic N) is 3. The van der Waals surface area contributed by atoms with E-state index in [1.807, 2.05) is 6.92 Å². The van der Waals surface area contributed by atoms with Gasteiger partial charge in [0.2, 0.25) is 5.95 Å². The van der Waals surface area contributed by atoms with Crippen LogP contribution in [0.15, 0.2) is 29.2 Å². The monoisotopic (exact) mass is 329 g/mol. The normalized spacial score (nSPS) is 11.0. The van der Waals surface area contributed by atoms with E-state index in [4.69, 9.17) is 0 Å². The Balaban J connectivity index is 1.71. The van der Waals surface area contributed by atoms with Crippen molar-refractivity contribution in [3.63, 3.8) is 0 Å². The summed E-state index contributed by atoms with van der Waals surface area (Å²) in [6.07, 6.45) is 1.91. The number of fused-ring (bicyclic) bond motifs is 1. The molecule has 1 amide bonds. The van der Waals surface area contributed by atoms with Crippen LogP contribution in [0.4, 0.5) is 4.39 Å². The molecule has 0 saturated carbocycles. The maximum atomic E-state index is 14.3. The Morgan fingerprint density at radius 3 is 2.88 bits per heavy atom. The molecule has 0 bridgehead atoms. The lowest BCUT2D eigenvalue weighted by atomic mass is 10.3. The van der Waals surface area contributed by atoms with Gasteiger partial charge in [-0.2, -0.15) is 4.39 Å². The molecule has 0 unspecified atom stereocenters. The Morgan fingerprint density at radius 1 is 1.33 bits per heavy atom. The molecule has 3 aromatic rings. The van der Waals surface area contributed by atoms with E-state index in [2.05, 4.69) is 20.3 Å². The van der Waals surface area contributed by atoms with Gasteiger partial charge >= 0.3 is 0 Å². The van der Waals surface area contributed by atoms with Gasteiger partial charge in [-0.05, 0) is 25.5 Å². The second kappa shape index (κ2) is 6.23. The van der Waals surface area contributed by atoms with E-state index < -0.39 is 11.9 Å². The molecule has 7 nitrogen and oxygen atoms in total. The topological polar surface area (TPSA) is 92.2 Å². The third kappa shape index (κ3) is 3.17. The van der Waals surface area contributed by atoms with E-state index >= 15 is 0 Å². The van der Waals surface area contributed by atoms with Crippen molar-refractivity contribution in [2.75, 3.05) is 6.54 Å². The Hall–Kier alpha value is -3.03. The fourth-order valence-electron chi connectivity index (χ4n) is 2.40. The standard InChI is InChI=1S/C16H16FN5O2/c1-9-3-4-12-21-14(15(17)22(12)8-9)16(24)18-6-5-11-19-10(2)7-13(23)20-11/h3-4,7-8H,5-6H2,1-2H3,(H,18,24)(H,19,20,23). The van der Waals surface area contributed by atoms with Crippen molar-refractivity contribution >= 4 is 11.6 Å². The number of amides is 1. The van der Waals surface area contributed by atoms with Crippen LogP contribution >= 0.6 is 0 Å². The number of hydrogen-bond acceptors (Lipinski definition) is 4. The first-order chi connectivity index (χ1) is 11.4. The molecule has 3 rings (SSSR count). The van der Waals surface area contributed by atoms with Gasteiger partial charge in [0, 0.05) is 30.9 Å². The molecule has 3 heterocycles. The van der Waals surface area contributed by atoms with Gasteiger partial charge in [-0.15, -0.1) is 0 Å². The molecule has 0 aliphatic rings. The Kier molecular flexibility index (Phi) is 4.11. The Bertz CT molecular complexity index is 976. The second-order valence-electron chi connectivity index (χ2n) is 5.53. The van der Waals surface area contributed by atoms with Gasteiger partial charge < -0.3 is 10.3 Å². The van der Waals surface area contributed by atoms with Crippen LogP contribution in [-0.4, -0.2) is 31.8 Å². The molecule has 8 heteroatoms. The van der Waals surface area contributed by atoms with E-state index in [-0.39, 0.29) is 17.8 Å². The molecule has 0 aliphatic heterocycles. The first-order valence-corrected chi connectivity index (χ1v) is 7.43. The number of rotatable bonds is 4. The number of H-pyrrole nitrogens is 1. The van der Waals surface area contributed by atoms with Gasteiger partial charge in [0.25, 0.3) is 11.5 Å². The summed E-state index contributed by atoms with van der Waals surface area (Å²) in [4.78, 5) is 34.2. The van der Waals surface area contributed by atoms with E-state index in [1.54, 1.807) is 25.3 Å². The van der Waals surface area contributed by atoms with E-state index in [1.165, 1.54) is 10.5 Å². The van der Waals surface area contributed by atoms with Gasteiger partial charge in [0.1, 0.15) is 11.5 Å². The molecular weight excluding hydrogens is 313 g/mol. The van der Waals surface area contributed by atoms with Crippen molar-refractivity contribution in [3.05, 3.63) is 63.5 Å². The number of aromatic amines is 1. The molecule has 0 saturated heterocycles. The lowest BCUT2D eigenvalue weighted by molar-refractivity contribution is 0.0945. The lowest BCUT2D eigenvalue weighted by Gasteiger charge is -2.03. The quantitative estimate of drug-likeness (QED) is 0.751. The summed E-state index contributed by atoms with van der Waals surface area (Å²) in [6.45, 7) is 3.75. The number of pyridine rings is 1. The molecule has 0 atom stereocenters. The largest absolute Gasteiger partial charge is 0.350 e. The van der Waals surface area contributed by atoms with Crippen LogP contribution in [0.1, 0.15) is 27.6 Å². The van der Waals surface area contributed by atoms with Crippen LogP contribution in [0.5, 0.6) is 0 Å². The number of nitrogens with one attached hydrogen (secondary N) is 2. The fourth-order valence-corrected chi connectivity index (χ4v) is 2.40.